The molecule has 8 heteroatoms. The van der Waals surface area contributed by atoms with Gasteiger partial charge in [0.1, 0.15) is 0 Å². The molecule has 0 atom stereocenters. The molecule has 118 valence electrons. The Bertz CT molecular complexity index is 675. The molecule has 2 N–H and O–H groups in total. The molecule has 1 amide bonds. The van der Waals surface area contributed by atoms with Gasteiger partial charge < -0.3 is 10.6 Å². The molecular formula is C14H21N7O. The normalized spacial score (nSPS) is 16.1. The lowest BCUT2D eigenvalue weighted by molar-refractivity contribution is 0.0937. The maximum atomic E-state index is 12.1. The molecule has 0 saturated carbocycles. The molecule has 1 fully saturated rings. The third-order valence-corrected chi connectivity index (χ3v) is 3.74. The first kappa shape index (κ1) is 14.9. The first-order valence-corrected chi connectivity index (χ1v) is 7.56. The molecule has 0 unspecified atom stereocenters. The number of carbonyl (C=O) groups is 1. The summed E-state index contributed by atoms with van der Waals surface area (Å²) in [4.78, 5) is 23.0. The number of carbonyl (C=O) groups excluding carboxylic acids is 1. The molecule has 1 aliphatic rings. The van der Waals surface area contributed by atoms with E-state index in [-0.39, 0.29) is 11.7 Å². The van der Waals surface area contributed by atoms with E-state index in [1.165, 1.54) is 0 Å². The van der Waals surface area contributed by atoms with Crippen LogP contribution in [0.1, 0.15) is 22.0 Å². The van der Waals surface area contributed by atoms with Crippen molar-refractivity contribution in [1.82, 2.24) is 35.1 Å². The van der Waals surface area contributed by atoms with Crippen LogP contribution in [0.15, 0.2) is 6.07 Å². The number of hydrogen-bond acceptors (Lipinski definition) is 6. The highest BCUT2D eigenvalue weighted by Crippen LogP contribution is 2.05. The van der Waals surface area contributed by atoms with Crippen molar-refractivity contribution in [2.24, 2.45) is 0 Å². The van der Waals surface area contributed by atoms with Crippen LogP contribution in [0, 0.1) is 13.8 Å². The summed E-state index contributed by atoms with van der Waals surface area (Å²) in [6.45, 7) is 9.31. The van der Waals surface area contributed by atoms with E-state index >= 15 is 0 Å². The quantitative estimate of drug-likeness (QED) is 0.782. The minimum absolute atomic E-state index is 0.168. The van der Waals surface area contributed by atoms with Crippen molar-refractivity contribution in [1.29, 1.82) is 0 Å². The van der Waals surface area contributed by atoms with Crippen LogP contribution in [-0.4, -0.2) is 69.7 Å². The van der Waals surface area contributed by atoms with Crippen molar-refractivity contribution < 1.29 is 4.79 Å². The van der Waals surface area contributed by atoms with Gasteiger partial charge in [-0.15, -0.1) is 5.10 Å². The van der Waals surface area contributed by atoms with Gasteiger partial charge in [-0.05, 0) is 19.9 Å². The number of nitrogens with one attached hydrogen (secondary N) is 2. The lowest BCUT2D eigenvalue weighted by Crippen LogP contribution is -2.46. The minimum Gasteiger partial charge on any atom is -0.348 e. The number of aryl methyl sites for hydroxylation is 2. The lowest BCUT2D eigenvalue weighted by Gasteiger charge is -2.26. The Morgan fingerprint density at radius 3 is 2.86 bits per heavy atom. The summed E-state index contributed by atoms with van der Waals surface area (Å²) in [6, 6.07) is 1.91. The third kappa shape index (κ3) is 3.23. The molecule has 3 heterocycles. The van der Waals surface area contributed by atoms with Crippen molar-refractivity contribution in [3.8, 4) is 0 Å². The van der Waals surface area contributed by atoms with E-state index in [4.69, 9.17) is 0 Å². The Morgan fingerprint density at radius 1 is 1.32 bits per heavy atom. The molecule has 1 aliphatic heterocycles. The topological polar surface area (TPSA) is 87.5 Å². The van der Waals surface area contributed by atoms with Gasteiger partial charge in [0.25, 0.3) is 11.7 Å². The Labute approximate surface area is 128 Å². The molecule has 22 heavy (non-hydrogen) atoms. The molecule has 3 rings (SSSR count). The van der Waals surface area contributed by atoms with Crippen LogP contribution in [0.2, 0.25) is 0 Å². The Balaban J connectivity index is 1.61. The van der Waals surface area contributed by atoms with Gasteiger partial charge >= 0.3 is 0 Å². The van der Waals surface area contributed by atoms with Crippen LogP contribution in [-0.2, 0) is 0 Å². The number of nitrogens with zero attached hydrogens (tertiary/aromatic N) is 5. The standard InChI is InChI=1S/C14H21N7O/c1-10-9-11(2)21-14(17-10)18-12(19-21)13(22)16-5-8-20-6-3-15-4-7-20/h9,15H,3-8H2,1-2H3,(H,16,22). The molecule has 0 spiro atoms. The summed E-state index contributed by atoms with van der Waals surface area (Å²) in [5, 5.41) is 10.4. The highest BCUT2D eigenvalue weighted by Gasteiger charge is 2.15. The second kappa shape index (κ2) is 6.37. The fourth-order valence-corrected chi connectivity index (χ4v) is 2.60. The van der Waals surface area contributed by atoms with Crippen molar-refractivity contribution >= 4 is 11.7 Å². The van der Waals surface area contributed by atoms with Crippen LogP contribution in [0.3, 0.4) is 0 Å². The molecule has 0 aliphatic carbocycles. The lowest BCUT2D eigenvalue weighted by atomic mass is 10.3. The average molecular weight is 303 g/mol. The number of piperazine rings is 1. The minimum atomic E-state index is -0.252. The molecule has 1 saturated heterocycles. The van der Waals surface area contributed by atoms with Gasteiger partial charge in [-0.3, -0.25) is 9.69 Å². The number of rotatable bonds is 4. The van der Waals surface area contributed by atoms with E-state index in [1.54, 1.807) is 4.52 Å². The Hall–Kier alpha value is -2.06. The molecule has 2 aromatic rings. The van der Waals surface area contributed by atoms with Crippen molar-refractivity contribution in [3.63, 3.8) is 0 Å². The third-order valence-electron chi connectivity index (χ3n) is 3.74. The van der Waals surface area contributed by atoms with E-state index in [0.717, 1.165) is 44.1 Å². The monoisotopic (exact) mass is 303 g/mol. The fraction of sp³-hybridized carbons (Fsp3) is 0.571. The zero-order valence-corrected chi connectivity index (χ0v) is 13.0. The molecule has 8 nitrogen and oxygen atoms in total. The number of amides is 1. The largest absolute Gasteiger partial charge is 0.348 e. The number of fused-ring (bicyclic) bond motifs is 1. The smallest absolute Gasteiger partial charge is 0.291 e. The summed E-state index contributed by atoms with van der Waals surface area (Å²) in [5.74, 6) is 0.379. The zero-order valence-electron chi connectivity index (χ0n) is 13.0. The first-order chi connectivity index (χ1) is 10.6. The fourth-order valence-electron chi connectivity index (χ4n) is 2.60. The van der Waals surface area contributed by atoms with E-state index in [2.05, 4.69) is 30.6 Å². The Morgan fingerprint density at radius 2 is 2.09 bits per heavy atom. The number of hydrogen-bond donors (Lipinski definition) is 2. The highest BCUT2D eigenvalue weighted by atomic mass is 16.2. The summed E-state index contributed by atoms with van der Waals surface area (Å²) in [6.07, 6.45) is 0. The zero-order chi connectivity index (χ0) is 15.5. The van der Waals surface area contributed by atoms with Crippen LogP contribution in [0.5, 0.6) is 0 Å². The van der Waals surface area contributed by atoms with Crippen LogP contribution < -0.4 is 10.6 Å². The maximum Gasteiger partial charge on any atom is 0.291 e. The predicted molar refractivity (Wildman–Crippen MR) is 81.9 cm³/mol. The Kier molecular flexibility index (Phi) is 4.30. The second-order valence-electron chi connectivity index (χ2n) is 5.53. The van der Waals surface area contributed by atoms with Gasteiger partial charge in [0.2, 0.25) is 5.82 Å². The second-order valence-corrected chi connectivity index (χ2v) is 5.53. The maximum absolute atomic E-state index is 12.1. The van der Waals surface area contributed by atoms with Crippen LogP contribution in [0.4, 0.5) is 0 Å². The van der Waals surface area contributed by atoms with E-state index in [0.29, 0.717) is 12.3 Å². The molecule has 0 bridgehead atoms. The summed E-state index contributed by atoms with van der Waals surface area (Å²) >= 11 is 0. The van der Waals surface area contributed by atoms with Gasteiger partial charge in [0.05, 0.1) is 0 Å². The predicted octanol–water partition coefficient (Wildman–Crippen LogP) is -0.624. The van der Waals surface area contributed by atoms with Crippen molar-refractivity contribution in [2.45, 2.75) is 13.8 Å². The van der Waals surface area contributed by atoms with Gasteiger partial charge in [-0.2, -0.15) is 4.98 Å². The van der Waals surface area contributed by atoms with E-state index in [9.17, 15) is 4.79 Å². The highest BCUT2D eigenvalue weighted by molar-refractivity contribution is 5.90. The van der Waals surface area contributed by atoms with Gasteiger partial charge in [0, 0.05) is 50.7 Å². The molecule has 2 aromatic heterocycles. The summed E-state index contributed by atoms with van der Waals surface area (Å²) < 4.78 is 1.60. The van der Waals surface area contributed by atoms with Crippen LogP contribution >= 0.6 is 0 Å². The average Bonchev–Trinajstić information content (AvgIpc) is 2.92. The van der Waals surface area contributed by atoms with Gasteiger partial charge in [-0.25, -0.2) is 9.50 Å². The van der Waals surface area contributed by atoms with E-state index < -0.39 is 0 Å². The van der Waals surface area contributed by atoms with Gasteiger partial charge in [0.15, 0.2) is 0 Å². The molecule has 0 aromatic carbocycles. The summed E-state index contributed by atoms with van der Waals surface area (Å²) in [5.41, 5.74) is 1.78. The number of aromatic nitrogens is 4. The van der Waals surface area contributed by atoms with Gasteiger partial charge in [-0.1, -0.05) is 0 Å². The van der Waals surface area contributed by atoms with Crippen LogP contribution in [0.25, 0.3) is 5.78 Å². The summed E-state index contributed by atoms with van der Waals surface area (Å²) in [7, 11) is 0. The first-order valence-electron chi connectivity index (χ1n) is 7.56. The molecular weight excluding hydrogens is 282 g/mol. The van der Waals surface area contributed by atoms with Crippen molar-refractivity contribution in [2.75, 3.05) is 39.3 Å². The molecule has 0 radical (unpaired) electrons. The SMILES string of the molecule is Cc1cc(C)n2nc(C(=O)NCCN3CCNCC3)nc2n1. The van der Waals surface area contributed by atoms with E-state index in [1.807, 2.05) is 19.9 Å². The van der Waals surface area contributed by atoms with Crippen molar-refractivity contribution in [3.05, 3.63) is 23.3 Å².